The zero-order valence-electron chi connectivity index (χ0n) is 20.9. The normalized spacial score (nSPS) is 27.3. The van der Waals surface area contributed by atoms with Crippen LogP contribution in [0.5, 0.6) is 5.75 Å². The van der Waals surface area contributed by atoms with E-state index in [9.17, 15) is 23.1 Å². The van der Waals surface area contributed by atoms with Gasteiger partial charge in [-0.3, -0.25) is 4.79 Å². The van der Waals surface area contributed by atoms with Crippen molar-refractivity contribution in [1.29, 1.82) is 0 Å². The highest BCUT2D eigenvalue weighted by Gasteiger charge is 2.52. The predicted octanol–water partition coefficient (Wildman–Crippen LogP) is 7.36. The van der Waals surface area contributed by atoms with Crippen molar-refractivity contribution < 1.29 is 27.8 Å². The summed E-state index contributed by atoms with van der Waals surface area (Å²) in [6, 6.07) is 8.08. The smallest absolute Gasteiger partial charge is 0.420 e. The lowest BCUT2D eigenvalue weighted by molar-refractivity contribution is -0.155. The van der Waals surface area contributed by atoms with Gasteiger partial charge < -0.3 is 15.2 Å². The van der Waals surface area contributed by atoms with Gasteiger partial charge in [-0.25, -0.2) is 0 Å². The van der Waals surface area contributed by atoms with Gasteiger partial charge in [0.15, 0.2) is 0 Å². The molecule has 3 atom stereocenters. The number of benzene rings is 2. The summed E-state index contributed by atoms with van der Waals surface area (Å²) in [5, 5.41) is 13.5. The summed E-state index contributed by atoms with van der Waals surface area (Å²) in [5.41, 5.74) is -0.402. The van der Waals surface area contributed by atoms with Gasteiger partial charge in [0.25, 0.3) is 0 Å². The number of carboxylic acid groups (broad SMARTS) is 1. The van der Waals surface area contributed by atoms with E-state index in [2.05, 4.69) is 12.2 Å². The van der Waals surface area contributed by atoms with E-state index in [0.717, 1.165) is 37.7 Å². The minimum atomic E-state index is -4.55. The molecule has 0 aliphatic heterocycles. The SMILES string of the molecule is CCC1CCC(Oc2ccc3ccc(C(C)NC4CC(C(=O)O)C4(C)C)cc3c2C(F)(F)F)CC1. The molecule has 192 valence electrons. The highest BCUT2D eigenvalue weighted by Crippen LogP contribution is 2.47. The minimum Gasteiger partial charge on any atom is -0.490 e. The molecule has 7 heteroatoms. The van der Waals surface area contributed by atoms with E-state index in [1.54, 1.807) is 18.2 Å². The summed E-state index contributed by atoms with van der Waals surface area (Å²) < 4.78 is 49.0. The number of ether oxygens (including phenoxy) is 1. The van der Waals surface area contributed by atoms with E-state index < -0.39 is 29.0 Å². The van der Waals surface area contributed by atoms with Gasteiger partial charge in [0, 0.05) is 12.1 Å². The standard InChI is InChI=1S/C28H36F3NO3/c1-5-17-6-11-20(12-7-17)35-23-13-10-18-8-9-19(14-21(18)25(23)28(29,30)31)16(2)32-24-15-22(26(33)34)27(24,3)4/h8-10,13-14,16-17,20,22,24,32H,5-7,11-12,15H2,1-4H3,(H,33,34). The topological polar surface area (TPSA) is 58.6 Å². The molecule has 35 heavy (non-hydrogen) atoms. The zero-order valence-corrected chi connectivity index (χ0v) is 20.9. The molecule has 0 amide bonds. The Labute approximate surface area is 205 Å². The van der Waals surface area contributed by atoms with E-state index in [4.69, 9.17) is 4.74 Å². The summed E-state index contributed by atoms with van der Waals surface area (Å²) in [5.74, 6) is -0.687. The summed E-state index contributed by atoms with van der Waals surface area (Å²) in [6.07, 6.45) is 0.408. The summed E-state index contributed by atoms with van der Waals surface area (Å²) in [6.45, 7) is 7.89. The van der Waals surface area contributed by atoms with E-state index in [-0.39, 0.29) is 29.3 Å². The molecule has 2 aromatic rings. The van der Waals surface area contributed by atoms with Gasteiger partial charge in [-0.05, 0) is 78.8 Å². The zero-order chi connectivity index (χ0) is 25.5. The van der Waals surface area contributed by atoms with Crippen LogP contribution < -0.4 is 10.1 Å². The van der Waals surface area contributed by atoms with Gasteiger partial charge in [0.1, 0.15) is 11.3 Å². The van der Waals surface area contributed by atoms with Crippen LogP contribution in [0.15, 0.2) is 30.3 Å². The molecule has 0 spiro atoms. The van der Waals surface area contributed by atoms with Crippen molar-refractivity contribution in [3.8, 4) is 5.75 Å². The number of carbonyl (C=O) groups is 1. The van der Waals surface area contributed by atoms with Crippen molar-refractivity contribution in [3.05, 3.63) is 41.5 Å². The van der Waals surface area contributed by atoms with Gasteiger partial charge >= 0.3 is 12.1 Å². The molecular weight excluding hydrogens is 455 g/mol. The molecule has 0 bridgehead atoms. The molecule has 3 unspecified atom stereocenters. The van der Waals surface area contributed by atoms with Crippen LogP contribution in [-0.2, 0) is 11.0 Å². The fourth-order valence-electron chi connectivity index (χ4n) is 5.84. The van der Waals surface area contributed by atoms with Crippen molar-refractivity contribution >= 4 is 16.7 Å². The molecular formula is C28H36F3NO3. The maximum absolute atomic E-state index is 14.3. The molecule has 2 N–H and O–H groups in total. The summed E-state index contributed by atoms with van der Waals surface area (Å²) >= 11 is 0. The van der Waals surface area contributed by atoms with Crippen LogP contribution >= 0.6 is 0 Å². The van der Waals surface area contributed by atoms with Gasteiger partial charge in [0.2, 0.25) is 0 Å². The Kier molecular flexibility index (Phi) is 7.11. The van der Waals surface area contributed by atoms with E-state index in [1.807, 2.05) is 26.8 Å². The van der Waals surface area contributed by atoms with Crippen molar-refractivity contribution in [2.45, 2.75) is 90.6 Å². The van der Waals surface area contributed by atoms with Gasteiger partial charge in [-0.1, -0.05) is 45.4 Å². The van der Waals surface area contributed by atoms with Crippen LogP contribution in [0.25, 0.3) is 10.8 Å². The second-order valence-corrected chi connectivity index (χ2v) is 11.0. The lowest BCUT2D eigenvalue weighted by Gasteiger charge is -2.51. The van der Waals surface area contributed by atoms with Crippen molar-refractivity contribution in [1.82, 2.24) is 5.32 Å². The second-order valence-electron chi connectivity index (χ2n) is 11.0. The Morgan fingerprint density at radius 3 is 2.40 bits per heavy atom. The minimum absolute atomic E-state index is 0.0238. The Morgan fingerprint density at radius 1 is 1.17 bits per heavy atom. The molecule has 0 aromatic heterocycles. The molecule has 2 aliphatic rings. The van der Waals surface area contributed by atoms with Gasteiger partial charge in [-0.15, -0.1) is 0 Å². The predicted molar refractivity (Wildman–Crippen MR) is 130 cm³/mol. The number of fused-ring (bicyclic) bond motifs is 1. The Bertz CT molecular complexity index is 1070. The third kappa shape index (κ3) is 5.16. The van der Waals surface area contributed by atoms with Crippen molar-refractivity contribution in [2.75, 3.05) is 0 Å². The molecule has 4 nitrogen and oxygen atoms in total. The number of aliphatic carboxylic acids is 1. The molecule has 0 saturated heterocycles. The summed E-state index contributed by atoms with van der Waals surface area (Å²) in [7, 11) is 0. The number of rotatable bonds is 7. The number of hydrogen-bond donors (Lipinski definition) is 2. The lowest BCUT2D eigenvalue weighted by Crippen LogP contribution is -2.59. The summed E-state index contributed by atoms with van der Waals surface area (Å²) in [4.78, 5) is 11.4. The first-order valence-electron chi connectivity index (χ1n) is 12.7. The fourth-order valence-corrected chi connectivity index (χ4v) is 5.84. The number of carboxylic acids is 1. The molecule has 0 radical (unpaired) electrons. The molecule has 4 rings (SSSR count). The first-order valence-corrected chi connectivity index (χ1v) is 12.7. The van der Waals surface area contributed by atoms with Crippen LogP contribution in [0.1, 0.15) is 83.4 Å². The van der Waals surface area contributed by atoms with Crippen LogP contribution in [0.3, 0.4) is 0 Å². The maximum atomic E-state index is 14.3. The quantitative estimate of drug-likeness (QED) is 0.425. The van der Waals surface area contributed by atoms with Crippen LogP contribution in [0.2, 0.25) is 0 Å². The average Bonchev–Trinajstić information content (AvgIpc) is 2.80. The second kappa shape index (κ2) is 9.64. The number of alkyl halides is 3. The lowest BCUT2D eigenvalue weighted by atomic mass is 9.58. The first kappa shape index (κ1) is 25.8. The molecule has 0 heterocycles. The van der Waals surface area contributed by atoms with Crippen LogP contribution in [0, 0.1) is 17.3 Å². The van der Waals surface area contributed by atoms with Crippen molar-refractivity contribution in [2.24, 2.45) is 17.3 Å². The number of nitrogens with one attached hydrogen (secondary N) is 1. The maximum Gasteiger partial charge on any atom is 0.420 e. The fraction of sp³-hybridized carbons (Fsp3) is 0.607. The van der Waals surface area contributed by atoms with Gasteiger partial charge in [-0.2, -0.15) is 13.2 Å². The monoisotopic (exact) mass is 491 g/mol. The molecule has 2 saturated carbocycles. The Morgan fingerprint density at radius 2 is 1.83 bits per heavy atom. The van der Waals surface area contributed by atoms with E-state index in [1.165, 1.54) is 6.07 Å². The highest BCUT2D eigenvalue weighted by atomic mass is 19.4. The van der Waals surface area contributed by atoms with E-state index >= 15 is 0 Å². The van der Waals surface area contributed by atoms with Gasteiger partial charge in [0.05, 0.1) is 12.0 Å². The third-order valence-electron chi connectivity index (χ3n) is 8.47. The number of halogens is 3. The first-order chi connectivity index (χ1) is 16.4. The van der Waals surface area contributed by atoms with Crippen molar-refractivity contribution in [3.63, 3.8) is 0 Å². The Balaban J connectivity index is 1.60. The average molecular weight is 492 g/mol. The highest BCUT2D eigenvalue weighted by molar-refractivity contribution is 5.89. The van der Waals surface area contributed by atoms with E-state index in [0.29, 0.717) is 17.7 Å². The Hall–Kier alpha value is -2.28. The van der Waals surface area contributed by atoms with Crippen LogP contribution in [-0.4, -0.2) is 23.2 Å². The molecule has 2 aliphatic carbocycles. The van der Waals surface area contributed by atoms with Crippen LogP contribution in [0.4, 0.5) is 13.2 Å². The largest absolute Gasteiger partial charge is 0.490 e. The molecule has 2 fully saturated rings. The number of hydrogen-bond acceptors (Lipinski definition) is 3. The third-order valence-corrected chi connectivity index (χ3v) is 8.47. The molecule has 2 aromatic carbocycles.